The van der Waals surface area contributed by atoms with Crippen LogP contribution in [0.25, 0.3) is 0 Å². The minimum Gasteiger partial charge on any atom is -0.298 e. The van der Waals surface area contributed by atoms with Gasteiger partial charge in [-0.25, -0.2) is 0 Å². The molecule has 0 atom stereocenters. The molecule has 1 rings (SSSR count). The standard InChI is InChI=1S/C11H16N2O/c1-5-8(2)6-13-10(4)11(7-14)9(3)12-13/h7H,2,5-6H2,1,3-4H3. The molecule has 0 fully saturated rings. The van der Waals surface area contributed by atoms with Gasteiger partial charge in [-0.15, -0.1) is 0 Å². The average molecular weight is 192 g/mol. The molecular weight excluding hydrogens is 176 g/mol. The maximum Gasteiger partial charge on any atom is 0.153 e. The summed E-state index contributed by atoms with van der Waals surface area (Å²) in [5.41, 5.74) is 3.54. The number of hydrogen-bond donors (Lipinski definition) is 0. The summed E-state index contributed by atoms with van der Waals surface area (Å²) in [6.45, 7) is 10.5. The Balaban J connectivity index is 2.99. The molecule has 0 spiro atoms. The average Bonchev–Trinajstić information content (AvgIpc) is 2.42. The van der Waals surface area contributed by atoms with E-state index in [4.69, 9.17) is 0 Å². The van der Waals surface area contributed by atoms with Crippen molar-refractivity contribution in [2.24, 2.45) is 0 Å². The predicted octanol–water partition coefficient (Wildman–Crippen LogP) is 2.28. The molecule has 3 nitrogen and oxygen atoms in total. The van der Waals surface area contributed by atoms with Crippen molar-refractivity contribution in [1.82, 2.24) is 9.78 Å². The Labute approximate surface area is 84.4 Å². The van der Waals surface area contributed by atoms with Gasteiger partial charge >= 0.3 is 0 Å². The molecule has 0 amide bonds. The van der Waals surface area contributed by atoms with Crippen LogP contribution < -0.4 is 0 Å². The van der Waals surface area contributed by atoms with Crippen molar-refractivity contribution >= 4 is 6.29 Å². The van der Waals surface area contributed by atoms with Gasteiger partial charge in [-0.1, -0.05) is 19.1 Å². The lowest BCUT2D eigenvalue weighted by atomic mass is 10.2. The van der Waals surface area contributed by atoms with Crippen LogP contribution in [-0.2, 0) is 6.54 Å². The lowest BCUT2D eigenvalue weighted by Gasteiger charge is -2.04. The summed E-state index contributed by atoms with van der Waals surface area (Å²) in [5, 5.41) is 4.29. The predicted molar refractivity (Wildman–Crippen MR) is 56.5 cm³/mol. The van der Waals surface area contributed by atoms with Crippen LogP contribution in [0.2, 0.25) is 0 Å². The molecule has 1 aromatic rings. The molecule has 0 saturated heterocycles. The second-order valence-electron chi connectivity index (χ2n) is 3.46. The molecule has 0 aliphatic carbocycles. The molecule has 0 aromatic carbocycles. The number of aryl methyl sites for hydroxylation is 1. The third kappa shape index (κ3) is 1.92. The van der Waals surface area contributed by atoms with Crippen LogP contribution in [0.3, 0.4) is 0 Å². The normalized spacial score (nSPS) is 10.2. The number of allylic oxidation sites excluding steroid dienone is 1. The topological polar surface area (TPSA) is 34.9 Å². The minimum atomic E-state index is 0.703. The van der Waals surface area contributed by atoms with Gasteiger partial charge in [-0.2, -0.15) is 5.10 Å². The van der Waals surface area contributed by atoms with E-state index in [2.05, 4.69) is 18.6 Å². The highest BCUT2D eigenvalue weighted by Crippen LogP contribution is 2.12. The van der Waals surface area contributed by atoms with E-state index >= 15 is 0 Å². The fourth-order valence-electron chi connectivity index (χ4n) is 1.36. The molecule has 14 heavy (non-hydrogen) atoms. The van der Waals surface area contributed by atoms with Crippen molar-refractivity contribution in [1.29, 1.82) is 0 Å². The third-order valence-electron chi connectivity index (χ3n) is 2.43. The number of carbonyl (C=O) groups is 1. The van der Waals surface area contributed by atoms with Gasteiger partial charge < -0.3 is 0 Å². The van der Waals surface area contributed by atoms with Crippen molar-refractivity contribution in [2.75, 3.05) is 0 Å². The zero-order valence-electron chi connectivity index (χ0n) is 9.00. The SMILES string of the molecule is C=C(CC)Cn1nc(C)c(C=O)c1C. The van der Waals surface area contributed by atoms with Crippen molar-refractivity contribution in [2.45, 2.75) is 33.7 Å². The fraction of sp³-hybridized carbons (Fsp3) is 0.455. The van der Waals surface area contributed by atoms with Crippen LogP contribution in [0, 0.1) is 13.8 Å². The number of rotatable bonds is 4. The van der Waals surface area contributed by atoms with Crippen LogP contribution in [0.15, 0.2) is 12.2 Å². The van der Waals surface area contributed by atoms with E-state index in [9.17, 15) is 4.79 Å². The lowest BCUT2D eigenvalue weighted by molar-refractivity contribution is 0.112. The summed E-state index contributed by atoms with van der Waals surface area (Å²) in [6.07, 6.45) is 1.80. The molecule has 1 heterocycles. The largest absolute Gasteiger partial charge is 0.298 e. The Morgan fingerprint density at radius 2 is 2.21 bits per heavy atom. The number of aromatic nitrogens is 2. The van der Waals surface area contributed by atoms with E-state index in [0.29, 0.717) is 12.1 Å². The van der Waals surface area contributed by atoms with E-state index in [1.165, 1.54) is 0 Å². The van der Waals surface area contributed by atoms with E-state index in [1.807, 2.05) is 18.5 Å². The lowest BCUT2D eigenvalue weighted by Crippen LogP contribution is -2.04. The van der Waals surface area contributed by atoms with Gasteiger partial charge in [0.15, 0.2) is 6.29 Å². The van der Waals surface area contributed by atoms with Gasteiger partial charge in [0.1, 0.15) is 0 Å². The van der Waals surface area contributed by atoms with Crippen LogP contribution in [0.4, 0.5) is 0 Å². The Morgan fingerprint density at radius 3 is 2.64 bits per heavy atom. The Morgan fingerprint density at radius 1 is 1.57 bits per heavy atom. The monoisotopic (exact) mass is 192 g/mol. The molecule has 1 aromatic heterocycles. The number of carbonyl (C=O) groups excluding carboxylic acids is 1. The molecule has 0 aliphatic heterocycles. The first kappa shape index (κ1) is 10.7. The zero-order chi connectivity index (χ0) is 10.7. The van der Waals surface area contributed by atoms with Gasteiger partial charge in [0.2, 0.25) is 0 Å². The molecule has 0 radical (unpaired) electrons. The molecule has 0 saturated carbocycles. The first-order valence-corrected chi connectivity index (χ1v) is 4.76. The highest BCUT2D eigenvalue weighted by atomic mass is 16.1. The second-order valence-corrected chi connectivity index (χ2v) is 3.46. The number of aldehydes is 1. The minimum absolute atomic E-state index is 0.703. The van der Waals surface area contributed by atoms with Crippen molar-refractivity contribution < 1.29 is 4.79 Å². The van der Waals surface area contributed by atoms with Crippen molar-refractivity contribution in [3.8, 4) is 0 Å². The number of hydrogen-bond acceptors (Lipinski definition) is 2. The third-order valence-corrected chi connectivity index (χ3v) is 2.43. The summed E-state index contributed by atoms with van der Waals surface area (Å²) in [7, 11) is 0. The van der Waals surface area contributed by atoms with E-state index < -0.39 is 0 Å². The zero-order valence-corrected chi connectivity index (χ0v) is 9.00. The van der Waals surface area contributed by atoms with Crippen molar-refractivity contribution in [3.05, 3.63) is 29.1 Å². The molecular formula is C11H16N2O. The maximum atomic E-state index is 10.7. The van der Waals surface area contributed by atoms with Crippen LogP contribution in [-0.4, -0.2) is 16.1 Å². The van der Waals surface area contributed by atoms with Crippen LogP contribution in [0.1, 0.15) is 35.1 Å². The number of nitrogens with zero attached hydrogens (tertiary/aromatic N) is 2. The Kier molecular flexibility index (Phi) is 3.23. The second kappa shape index (κ2) is 4.22. The molecule has 0 N–H and O–H groups in total. The molecule has 0 unspecified atom stereocenters. The van der Waals surface area contributed by atoms with Crippen LogP contribution in [0.5, 0.6) is 0 Å². The summed E-state index contributed by atoms with van der Waals surface area (Å²) >= 11 is 0. The smallest absolute Gasteiger partial charge is 0.153 e. The van der Waals surface area contributed by atoms with Gasteiger partial charge in [-0.05, 0) is 20.3 Å². The first-order valence-electron chi connectivity index (χ1n) is 4.76. The fourth-order valence-corrected chi connectivity index (χ4v) is 1.36. The first-order chi connectivity index (χ1) is 6.60. The Bertz CT molecular complexity index is 364. The van der Waals surface area contributed by atoms with E-state index in [0.717, 1.165) is 29.7 Å². The maximum absolute atomic E-state index is 10.7. The molecule has 3 heteroatoms. The highest BCUT2D eigenvalue weighted by Gasteiger charge is 2.10. The van der Waals surface area contributed by atoms with Crippen LogP contribution >= 0.6 is 0 Å². The molecule has 0 aliphatic rings. The van der Waals surface area contributed by atoms with Gasteiger partial charge in [0.05, 0.1) is 17.8 Å². The summed E-state index contributed by atoms with van der Waals surface area (Å²) < 4.78 is 1.84. The van der Waals surface area contributed by atoms with Gasteiger partial charge in [0, 0.05) is 5.69 Å². The van der Waals surface area contributed by atoms with Gasteiger partial charge in [-0.3, -0.25) is 9.48 Å². The quantitative estimate of drug-likeness (QED) is 0.542. The summed E-state index contributed by atoms with van der Waals surface area (Å²) in [5.74, 6) is 0. The Hall–Kier alpha value is -1.38. The molecule has 0 bridgehead atoms. The van der Waals surface area contributed by atoms with E-state index in [1.54, 1.807) is 0 Å². The summed E-state index contributed by atoms with van der Waals surface area (Å²) in [6, 6.07) is 0. The molecule has 76 valence electrons. The van der Waals surface area contributed by atoms with Gasteiger partial charge in [0.25, 0.3) is 0 Å². The summed E-state index contributed by atoms with van der Waals surface area (Å²) in [4.78, 5) is 10.7. The highest BCUT2D eigenvalue weighted by molar-refractivity contribution is 5.78. The van der Waals surface area contributed by atoms with Crippen molar-refractivity contribution in [3.63, 3.8) is 0 Å². The van der Waals surface area contributed by atoms with E-state index in [-0.39, 0.29) is 0 Å².